The van der Waals surface area contributed by atoms with Crippen LogP contribution in [0.2, 0.25) is 0 Å². The van der Waals surface area contributed by atoms with Gasteiger partial charge in [-0.05, 0) is 38.5 Å². The fourth-order valence-corrected chi connectivity index (χ4v) is 9.13. The minimum Gasteiger partial charge on any atom is -0.462 e. The number of carbonyl (C=O) groups excluding carboxylic acids is 2. The lowest BCUT2D eigenvalue weighted by atomic mass is 9.99. The molecule has 67 heavy (non-hydrogen) atoms. The van der Waals surface area contributed by atoms with Gasteiger partial charge < -0.3 is 39.4 Å². The van der Waals surface area contributed by atoms with Crippen molar-refractivity contribution in [1.82, 2.24) is 0 Å². The molecule has 0 aromatic heterocycles. The molecule has 6 unspecified atom stereocenters. The van der Waals surface area contributed by atoms with Crippen LogP contribution in [0.15, 0.2) is 12.2 Å². The summed E-state index contributed by atoms with van der Waals surface area (Å²) in [6.45, 7) is 3.48. The van der Waals surface area contributed by atoms with Gasteiger partial charge in [-0.15, -0.1) is 0 Å². The summed E-state index contributed by atoms with van der Waals surface area (Å²) in [5.74, 6) is -0.793. The van der Waals surface area contributed by atoms with E-state index in [9.17, 15) is 30.0 Å². The van der Waals surface area contributed by atoms with Crippen LogP contribution in [0.1, 0.15) is 284 Å². The molecule has 0 spiro atoms. The van der Waals surface area contributed by atoms with Crippen molar-refractivity contribution in [2.75, 3.05) is 19.8 Å². The lowest BCUT2D eigenvalue weighted by Crippen LogP contribution is -2.59. The zero-order valence-electron chi connectivity index (χ0n) is 43.7. The van der Waals surface area contributed by atoms with Gasteiger partial charge in [0.2, 0.25) is 0 Å². The number of ether oxygens (including phenoxy) is 4. The molecule has 1 aliphatic rings. The quantitative estimate of drug-likeness (QED) is 0.0263. The maximum Gasteiger partial charge on any atom is 0.306 e. The summed E-state index contributed by atoms with van der Waals surface area (Å²) in [5, 5.41) is 40.3. The van der Waals surface area contributed by atoms with Crippen LogP contribution in [0.25, 0.3) is 0 Å². The third kappa shape index (κ3) is 38.8. The predicted octanol–water partition coefficient (Wildman–Crippen LogP) is 14.2. The van der Waals surface area contributed by atoms with Crippen LogP contribution in [-0.2, 0) is 28.5 Å². The van der Waals surface area contributed by atoms with E-state index in [4.69, 9.17) is 18.9 Å². The number of aliphatic hydroxyl groups excluding tert-OH is 4. The molecular weight excluding hydrogens is 845 g/mol. The molecule has 1 heterocycles. The van der Waals surface area contributed by atoms with Gasteiger partial charge >= 0.3 is 11.9 Å². The van der Waals surface area contributed by atoms with E-state index in [1.807, 2.05) is 0 Å². The van der Waals surface area contributed by atoms with Gasteiger partial charge in [-0.25, -0.2) is 0 Å². The number of hydrogen-bond donors (Lipinski definition) is 4. The van der Waals surface area contributed by atoms with Crippen LogP contribution < -0.4 is 0 Å². The number of allylic oxidation sites excluding steroid dienone is 2. The summed E-state index contributed by atoms with van der Waals surface area (Å²) >= 11 is 0. The smallest absolute Gasteiger partial charge is 0.306 e. The Bertz CT molecular complexity index is 1100. The Morgan fingerprint density at radius 3 is 1.16 bits per heavy atom. The molecule has 0 aromatic rings. The van der Waals surface area contributed by atoms with E-state index in [1.54, 1.807) is 0 Å². The first-order chi connectivity index (χ1) is 32.8. The van der Waals surface area contributed by atoms with Crippen molar-refractivity contribution in [3.63, 3.8) is 0 Å². The van der Waals surface area contributed by atoms with Crippen molar-refractivity contribution in [2.24, 2.45) is 0 Å². The van der Waals surface area contributed by atoms with Crippen molar-refractivity contribution in [1.29, 1.82) is 0 Å². The lowest BCUT2D eigenvalue weighted by Gasteiger charge is -2.39. The van der Waals surface area contributed by atoms with Crippen LogP contribution in [0.4, 0.5) is 0 Å². The van der Waals surface area contributed by atoms with E-state index >= 15 is 0 Å². The van der Waals surface area contributed by atoms with Gasteiger partial charge in [0.25, 0.3) is 0 Å². The molecule has 1 aliphatic heterocycles. The summed E-state index contributed by atoms with van der Waals surface area (Å²) in [5.41, 5.74) is 0. The molecule has 10 heteroatoms. The molecule has 0 amide bonds. The highest BCUT2D eigenvalue weighted by Gasteiger charge is 2.44. The van der Waals surface area contributed by atoms with E-state index in [0.29, 0.717) is 6.42 Å². The zero-order chi connectivity index (χ0) is 48.7. The van der Waals surface area contributed by atoms with Gasteiger partial charge in [0.05, 0.1) is 13.2 Å². The first-order valence-corrected chi connectivity index (χ1v) is 28.8. The Balaban J connectivity index is 2.18. The lowest BCUT2D eigenvalue weighted by molar-refractivity contribution is -0.305. The maximum absolute atomic E-state index is 12.9. The largest absolute Gasteiger partial charge is 0.462 e. The summed E-state index contributed by atoms with van der Waals surface area (Å²) in [6, 6.07) is 0. The van der Waals surface area contributed by atoms with Crippen molar-refractivity contribution in [3.05, 3.63) is 12.2 Å². The van der Waals surface area contributed by atoms with Gasteiger partial charge in [0.15, 0.2) is 12.4 Å². The highest BCUT2D eigenvalue weighted by Crippen LogP contribution is 2.23. The minimum atomic E-state index is -1.59. The van der Waals surface area contributed by atoms with Gasteiger partial charge in [-0.2, -0.15) is 0 Å². The van der Waals surface area contributed by atoms with E-state index in [0.717, 1.165) is 44.9 Å². The molecule has 1 fully saturated rings. The topological polar surface area (TPSA) is 152 Å². The molecular formula is C57H108O10. The zero-order valence-corrected chi connectivity index (χ0v) is 43.7. The van der Waals surface area contributed by atoms with Crippen LogP contribution in [0.3, 0.4) is 0 Å². The van der Waals surface area contributed by atoms with Crippen LogP contribution in [0, 0.1) is 0 Å². The molecule has 10 nitrogen and oxygen atoms in total. The normalized spacial score (nSPS) is 19.0. The fraction of sp³-hybridized carbons (Fsp3) is 0.930. The van der Waals surface area contributed by atoms with Gasteiger partial charge in [-0.3, -0.25) is 9.59 Å². The molecule has 0 radical (unpaired) electrons. The average Bonchev–Trinajstić information content (AvgIpc) is 3.33. The third-order valence-corrected chi connectivity index (χ3v) is 13.7. The Morgan fingerprint density at radius 2 is 0.791 bits per heavy atom. The third-order valence-electron chi connectivity index (χ3n) is 13.7. The number of unbranched alkanes of at least 4 members (excludes halogenated alkanes) is 37. The Labute approximate surface area is 411 Å². The number of aliphatic hydroxyl groups is 4. The first kappa shape index (κ1) is 63.5. The van der Waals surface area contributed by atoms with Gasteiger partial charge in [0, 0.05) is 12.8 Å². The predicted molar refractivity (Wildman–Crippen MR) is 275 cm³/mol. The summed E-state index contributed by atoms with van der Waals surface area (Å²) in [6.07, 6.45) is 48.0. The molecule has 0 aliphatic carbocycles. The van der Waals surface area contributed by atoms with Crippen molar-refractivity contribution in [3.8, 4) is 0 Å². The first-order valence-electron chi connectivity index (χ1n) is 28.8. The molecule has 4 N–H and O–H groups in total. The van der Waals surface area contributed by atoms with Gasteiger partial charge in [0.1, 0.15) is 31.0 Å². The monoisotopic (exact) mass is 953 g/mol. The SMILES string of the molecule is CCCCCCCCC/C=C\CCCCCCCCCC(=O)OC(COC(=O)CCCCCCCCCCCCCCCCCCCCCCCCCC)COC1OC(CO)C(O)C(O)C1O. The molecule has 6 atom stereocenters. The standard InChI is InChI=1S/C57H108O10/c1-3-5-7-9-11-13-15-17-19-21-23-24-25-26-27-28-30-31-33-35-37-39-41-43-45-52(59)64-48-50(49-65-57-56(63)55(62)54(61)51(47-58)67-57)66-53(60)46-44-42-40-38-36-34-32-29-22-20-18-16-14-12-10-8-6-4-2/h20,22,50-51,54-58,61-63H,3-19,21,23-49H2,1-2H3/b22-20-. The number of hydrogen-bond acceptors (Lipinski definition) is 10. The number of esters is 2. The second kappa shape index (κ2) is 48.1. The Kier molecular flexibility index (Phi) is 45.5. The average molecular weight is 953 g/mol. The Morgan fingerprint density at radius 1 is 0.448 bits per heavy atom. The van der Waals surface area contributed by atoms with Gasteiger partial charge in [-0.1, -0.05) is 244 Å². The maximum atomic E-state index is 12.9. The van der Waals surface area contributed by atoms with E-state index in [1.165, 1.54) is 205 Å². The van der Waals surface area contributed by atoms with E-state index < -0.39 is 49.4 Å². The summed E-state index contributed by atoms with van der Waals surface area (Å²) in [7, 11) is 0. The van der Waals surface area contributed by atoms with Crippen molar-refractivity contribution >= 4 is 11.9 Å². The van der Waals surface area contributed by atoms with Crippen LogP contribution >= 0.6 is 0 Å². The summed E-state index contributed by atoms with van der Waals surface area (Å²) < 4.78 is 22.3. The van der Waals surface area contributed by atoms with E-state index in [2.05, 4.69) is 26.0 Å². The second-order valence-electron chi connectivity index (χ2n) is 20.1. The summed E-state index contributed by atoms with van der Waals surface area (Å²) in [4.78, 5) is 25.5. The molecule has 0 aromatic carbocycles. The molecule has 0 saturated carbocycles. The second-order valence-corrected chi connectivity index (χ2v) is 20.1. The fourth-order valence-electron chi connectivity index (χ4n) is 9.13. The molecule has 1 rings (SSSR count). The number of rotatable bonds is 50. The molecule has 0 bridgehead atoms. The van der Waals surface area contributed by atoms with Crippen LogP contribution in [0.5, 0.6) is 0 Å². The minimum absolute atomic E-state index is 0.213. The van der Waals surface area contributed by atoms with E-state index in [-0.39, 0.29) is 32.0 Å². The Hall–Kier alpha value is -1.56. The molecule has 1 saturated heterocycles. The number of carbonyl (C=O) groups is 2. The van der Waals surface area contributed by atoms with Crippen molar-refractivity contribution in [2.45, 2.75) is 320 Å². The van der Waals surface area contributed by atoms with Crippen molar-refractivity contribution < 1.29 is 49.0 Å². The molecule has 396 valence electrons. The highest BCUT2D eigenvalue weighted by atomic mass is 16.7. The van der Waals surface area contributed by atoms with Crippen LogP contribution in [-0.4, -0.2) is 89.0 Å². The highest BCUT2D eigenvalue weighted by molar-refractivity contribution is 5.70.